The standard InChI is InChI=1S/C4H8N4/c5-4-1-2-8(6)3-7-4/h1,3H,2,5-6H2. The smallest absolute Gasteiger partial charge is 0.122 e. The van der Waals surface area contributed by atoms with Crippen LogP contribution in [0.25, 0.3) is 0 Å². The first-order valence-electron chi connectivity index (χ1n) is 2.30. The van der Waals surface area contributed by atoms with Crippen LogP contribution in [-0.4, -0.2) is 17.9 Å². The van der Waals surface area contributed by atoms with E-state index in [0.29, 0.717) is 12.4 Å². The third-order valence-electron chi connectivity index (χ3n) is 0.866. The summed E-state index contributed by atoms with van der Waals surface area (Å²) in [5.41, 5.74) is 5.28. The van der Waals surface area contributed by atoms with Crippen LogP contribution in [-0.2, 0) is 0 Å². The van der Waals surface area contributed by atoms with E-state index >= 15 is 0 Å². The molecule has 0 unspecified atom stereocenters. The summed E-state index contributed by atoms with van der Waals surface area (Å²) in [7, 11) is 0. The van der Waals surface area contributed by atoms with Crippen LogP contribution in [0, 0.1) is 0 Å². The molecular weight excluding hydrogens is 104 g/mol. The molecule has 4 heteroatoms. The molecule has 0 atom stereocenters. The molecule has 1 aliphatic rings. The Morgan fingerprint density at radius 3 is 2.88 bits per heavy atom. The summed E-state index contributed by atoms with van der Waals surface area (Å²) in [5, 5.41) is 1.45. The number of aliphatic imine (C=N–C) groups is 1. The van der Waals surface area contributed by atoms with Crippen LogP contribution in [0.1, 0.15) is 0 Å². The zero-order valence-electron chi connectivity index (χ0n) is 4.41. The fourth-order valence-electron chi connectivity index (χ4n) is 0.440. The average Bonchev–Trinajstić information content (AvgIpc) is 1.77. The number of hydrogen-bond acceptors (Lipinski definition) is 4. The number of rotatable bonds is 0. The Hall–Kier alpha value is -1.03. The minimum Gasteiger partial charge on any atom is -0.384 e. The van der Waals surface area contributed by atoms with Crippen molar-refractivity contribution in [3.8, 4) is 0 Å². The lowest BCUT2D eigenvalue weighted by Gasteiger charge is -2.12. The van der Waals surface area contributed by atoms with E-state index in [2.05, 4.69) is 4.99 Å². The molecule has 0 aromatic rings. The maximum Gasteiger partial charge on any atom is 0.122 e. The first-order valence-corrected chi connectivity index (χ1v) is 2.30. The van der Waals surface area contributed by atoms with Gasteiger partial charge in [-0.1, -0.05) is 0 Å². The molecule has 0 saturated heterocycles. The molecule has 0 radical (unpaired) electrons. The molecule has 1 heterocycles. The van der Waals surface area contributed by atoms with E-state index in [-0.39, 0.29) is 0 Å². The summed E-state index contributed by atoms with van der Waals surface area (Å²) in [6.07, 6.45) is 3.25. The molecule has 0 amide bonds. The Morgan fingerprint density at radius 1 is 1.75 bits per heavy atom. The predicted octanol–water partition coefficient (Wildman–Crippen LogP) is -0.996. The van der Waals surface area contributed by atoms with Gasteiger partial charge in [0.1, 0.15) is 12.2 Å². The lowest BCUT2D eigenvalue weighted by Crippen LogP contribution is -2.32. The maximum atomic E-state index is 5.28. The van der Waals surface area contributed by atoms with Crippen molar-refractivity contribution in [3.63, 3.8) is 0 Å². The Kier molecular flexibility index (Phi) is 1.17. The molecule has 1 rings (SSSR count). The summed E-state index contributed by atoms with van der Waals surface area (Å²) >= 11 is 0. The summed E-state index contributed by atoms with van der Waals surface area (Å²) < 4.78 is 0. The van der Waals surface area contributed by atoms with Gasteiger partial charge in [-0.05, 0) is 6.08 Å². The fraction of sp³-hybridized carbons (Fsp3) is 0.250. The SMILES string of the molecule is NC1=CCN(N)C=N1. The van der Waals surface area contributed by atoms with E-state index in [1.165, 1.54) is 11.3 Å². The Labute approximate surface area is 47.4 Å². The van der Waals surface area contributed by atoms with Crippen molar-refractivity contribution in [2.75, 3.05) is 6.54 Å². The lowest BCUT2D eigenvalue weighted by molar-refractivity contribution is 0.495. The highest BCUT2D eigenvalue weighted by molar-refractivity contribution is 5.57. The molecule has 8 heavy (non-hydrogen) atoms. The lowest BCUT2D eigenvalue weighted by atomic mass is 10.5. The monoisotopic (exact) mass is 112 g/mol. The number of hydrazine groups is 1. The molecule has 0 aliphatic carbocycles. The Morgan fingerprint density at radius 2 is 2.50 bits per heavy atom. The number of nitrogens with zero attached hydrogens (tertiary/aromatic N) is 2. The van der Waals surface area contributed by atoms with Crippen LogP contribution in [0.3, 0.4) is 0 Å². The molecule has 0 aromatic heterocycles. The van der Waals surface area contributed by atoms with Crippen molar-refractivity contribution >= 4 is 6.34 Å². The molecule has 0 saturated carbocycles. The van der Waals surface area contributed by atoms with Crippen LogP contribution in [0.15, 0.2) is 16.9 Å². The Balaban J connectivity index is 2.58. The van der Waals surface area contributed by atoms with Crippen LogP contribution < -0.4 is 11.6 Å². The van der Waals surface area contributed by atoms with Gasteiger partial charge in [-0.3, -0.25) is 5.01 Å². The van der Waals surface area contributed by atoms with E-state index in [4.69, 9.17) is 11.6 Å². The van der Waals surface area contributed by atoms with Gasteiger partial charge in [0.25, 0.3) is 0 Å². The largest absolute Gasteiger partial charge is 0.384 e. The van der Waals surface area contributed by atoms with E-state index in [1.54, 1.807) is 6.08 Å². The molecule has 0 fully saturated rings. The number of nitrogens with two attached hydrogens (primary N) is 2. The highest BCUT2D eigenvalue weighted by Gasteiger charge is 1.94. The molecule has 44 valence electrons. The summed E-state index contributed by atoms with van der Waals surface area (Å²) in [4.78, 5) is 3.73. The first kappa shape index (κ1) is 5.11. The van der Waals surface area contributed by atoms with E-state index < -0.39 is 0 Å². The van der Waals surface area contributed by atoms with E-state index in [9.17, 15) is 0 Å². The molecule has 4 nitrogen and oxygen atoms in total. The van der Waals surface area contributed by atoms with Gasteiger partial charge in [0, 0.05) is 0 Å². The van der Waals surface area contributed by atoms with Crippen molar-refractivity contribution < 1.29 is 0 Å². The minimum absolute atomic E-state index is 0.534. The molecular formula is C4H8N4. The normalized spacial score (nSPS) is 18.6. The quantitative estimate of drug-likeness (QED) is 0.395. The predicted molar refractivity (Wildman–Crippen MR) is 31.7 cm³/mol. The minimum atomic E-state index is 0.534. The zero-order chi connectivity index (χ0) is 5.98. The van der Waals surface area contributed by atoms with Crippen LogP contribution in [0.4, 0.5) is 0 Å². The van der Waals surface area contributed by atoms with Gasteiger partial charge in [0.2, 0.25) is 0 Å². The zero-order valence-corrected chi connectivity index (χ0v) is 4.41. The number of hydrogen-bond donors (Lipinski definition) is 2. The highest BCUT2D eigenvalue weighted by Crippen LogP contribution is 1.90. The van der Waals surface area contributed by atoms with Gasteiger partial charge in [0.05, 0.1) is 6.54 Å². The highest BCUT2D eigenvalue weighted by atomic mass is 15.4. The second kappa shape index (κ2) is 1.83. The third-order valence-corrected chi connectivity index (χ3v) is 0.866. The van der Waals surface area contributed by atoms with Crippen molar-refractivity contribution in [2.24, 2.45) is 16.6 Å². The fourth-order valence-corrected chi connectivity index (χ4v) is 0.440. The summed E-state index contributed by atoms with van der Waals surface area (Å²) in [6.45, 7) is 0.648. The van der Waals surface area contributed by atoms with Gasteiger partial charge in [-0.15, -0.1) is 0 Å². The molecule has 4 N–H and O–H groups in total. The summed E-state index contributed by atoms with van der Waals surface area (Å²) in [5.74, 6) is 5.81. The van der Waals surface area contributed by atoms with Crippen LogP contribution in [0.5, 0.6) is 0 Å². The van der Waals surface area contributed by atoms with E-state index in [0.717, 1.165) is 0 Å². The average molecular weight is 112 g/mol. The van der Waals surface area contributed by atoms with Crippen LogP contribution >= 0.6 is 0 Å². The Bertz CT molecular complexity index is 137. The van der Waals surface area contributed by atoms with Crippen molar-refractivity contribution in [1.29, 1.82) is 0 Å². The van der Waals surface area contributed by atoms with Gasteiger partial charge < -0.3 is 5.73 Å². The van der Waals surface area contributed by atoms with Crippen molar-refractivity contribution in [1.82, 2.24) is 5.01 Å². The third kappa shape index (κ3) is 0.974. The van der Waals surface area contributed by atoms with Gasteiger partial charge in [0.15, 0.2) is 0 Å². The van der Waals surface area contributed by atoms with E-state index in [1.807, 2.05) is 0 Å². The first-order chi connectivity index (χ1) is 3.79. The molecule has 0 spiro atoms. The molecule has 0 aromatic carbocycles. The second-order valence-electron chi connectivity index (χ2n) is 1.57. The topological polar surface area (TPSA) is 67.6 Å². The van der Waals surface area contributed by atoms with Gasteiger partial charge in [-0.2, -0.15) is 0 Å². The molecule has 0 bridgehead atoms. The van der Waals surface area contributed by atoms with Gasteiger partial charge >= 0.3 is 0 Å². The summed E-state index contributed by atoms with van der Waals surface area (Å²) in [6, 6.07) is 0. The second-order valence-corrected chi connectivity index (χ2v) is 1.57. The van der Waals surface area contributed by atoms with Crippen molar-refractivity contribution in [3.05, 3.63) is 11.9 Å². The molecule has 1 aliphatic heterocycles. The maximum absolute atomic E-state index is 5.28. The van der Waals surface area contributed by atoms with Gasteiger partial charge in [-0.25, -0.2) is 10.8 Å². The van der Waals surface area contributed by atoms with Crippen LogP contribution in [0.2, 0.25) is 0 Å². The van der Waals surface area contributed by atoms with Crippen molar-refractivity contribution in [2.45, 2.75) is 0 Å².